The summed E-state index contributed by atoms with van der Waals surface area (Å²) in [7, 11) is 0. The zero-order valence-corrected chi connectivity index (χ0v) is 10.4. The lowest BCUT2D eigenvalue weighted by atomic mass is 10.2. The molecule has 104 valence electrons. The number of benzene rings is 1. The Kier molecular flexibility index (Phi) is 3.80. The van der Waals surface area contributed by atoms with Crippen LogP contribution in [0.5, 0.6) is 0 Å². The molecule has 1 aromatic carbocycles. The molecule has 0 aromatic heterocycles. The Labute approximate surface area is 109 Å². The Morgan fingerprint density at radius 3 is 2.47 bits per heavy atom. The maximum atomic E-state index is 12.8. The van der Waals surface area contributed by atoms with Gasteiger partial charge in [-0.05, 0) is 12.5 Å². The fraction of sp³-hybridized carbons (Fsp3) is 0.462. The van der Waals surface area contributed by atoms with Crippen molar-refractivity contribution in [2.45, 2.75) is 31.7 Å². The fourth-order valence-corrected chi connectivity index (χ4v) is 2.13. The van der Waals surface area contributed by atoms with Gasteiger partial charge in [0.2, 0.25) is 0 Å². The molecule has 3 atom stereocenters. The highest BCUT2D eigenvalue weighted by Gasteiger charge is 2.66. The summed E-state index contributed by atoms with van der Waals surface area (Å²) >= 11 is 0. The summed E-state index contributed by atoms with van der Waals surface area (Å²) in [6.45, 7) is 1.75. The van der Waals surface area contributed by atoms with Crippen molar-refractivity contribution in [2.24, 2.45) is 0 Å². The van der Waals surface area contributed by atoms with Gasteiger partial charge >= 0.3 is 12.1 Å². The number of hydrogen-bond acceptors (Lipinski definition) is 3. The van der Waals surface area contributed by atoms with Crippen LogP contribution in [0.2, 0.25) is 0 Å². The van der Waals surface area contributed by atoms with Crippen LogP contribution in [0.25, 0.3) is 0 Å². The van der Waals surface area contributed by atoms with Crippen molar-refractivity contribution in [3.05, 3.63) is 35.9 Å². The quantitative estimate of drug-likeness (QED) is 0.623. The molecular weight excluding hydrogens is 259 g/mol. The lowest BCUT2D eigenvalue weighted by Crippen LogP contribution is -2.24. The van der Waals surface area contributed by atoms with Crippen molar-refractivity contribution in [2.75, 3.05) is 6.61 Å². The molecule has 0 spiro atoms. The van der Waals surface area contributed by atoms with E-state index in [-0.39, 0.29) is 13.2 Å². The highest BCUT2D eigenvalue weighted by molar-refractivity contribution is 5.80. The zero-order chi connectivity index (χ0) is 14.0. The number of ether oxygens (including phenoxy) is 1. The molecule has 0 saturated carbocycles. The Morgan fingerprint density at radius 1 is 1.32 bits per heavy atom. The van der Waals surface area contributed by atoms with Crippen LogP contribution in [0, 0.1) is 0 Å². The van der Waals surface area contributed by atoms with Gasteiger partial charge in [-0.3, -0.25) is 9.69 Å². The zero-order valence-electron chi connectivity index (χ0n) is 10.4. The van der Waals surface area contributed by atoms with Gasteiger partial charge < -0.3 is 4.74 Å². The van der Waals surface area contributed by atoms with Gasteiger partial charge in [0.1, 0.15) is 12.1 Å². The van der Waals surface area contributed by atoms with E-state index in [1.54, 1.807) is 37.3 Å². The molecule has 0 N–H and O–H groups in total. The lowest BCUT2D eigenvalue weighted by molar-refractivity contribution is -0.149. The minimum absolute atomic E-state index is 0.0824. The number of hydrogen-bond donors (Lipinski definition) is 0. The van der Waals surface area contributed by atoms with Gasteiger partial charge in [-0.15, -0.1) is 0 Å². The van der Waals surface area contributed by atoms with Gasteiger partial charge in [-0.2, -0.15) is 13.2 Å². The first-order chi connectivity index (χ1) is 8.95. The van der Waals surface area contributed by atoms with Crippen molar-refractivity contribution < 1.29 is 22.7 Å². The first-order valence-corrected chi connectivity index (χ1v) is 5.98. The molecule has 1 unspecified atom stereocenters. The minimum atomic E-state index is -4.41. The Hall–Kier alpha value is -1.56. The van der Waals surface area contributed by atoms with Crippen molar-refractivity contribution >= 4 is 5.97 Å². The summed E-state index contributed by atoms with van der Waals surface area (Å²) < 4.78 is 43.1. The van der Waals surface area contributed by atoms with Gasteiger partial charge in [0.25, 0.3) is 0 Å². The SMILES string of the molecule is CCOC(=O)[C@@H]1[C@@H](C(F)(F)F)N1Cc1ccccc1. The highest BCUT2D eigenvalue weighted by Crippen LogP contribution is 2.42. The second kappa shape index (κ2) is 5.21. The van der Waals surface area contributed by atoms with E-state index in [1.165, 1.54) is 0 Å². The standard InChI is InChI=1S/C13H14F3NO2/c1-2-19-12(18)10-11(13(14,15)16)17(10)8-9-6-4-3-5-7-9/h3-7,10-11H,2,8H2,1H3/t10-,11-,17?/m0/s1. The highest BCUT2D eigenvalue weighted by atomic mass is 19.4. The molecular formula is C13H14F3NO2. The maximum Gasteiger partial charge on any atom is 0.406 e. The summed E-state index contributed by atoms with van der Waals surface area (Å²) in [5.74, 6) is -0.805. The largest absolute Gasteiger partial charge is 0.465 e. The number of carbonyl (C=O) groups excluding carboxylic acids is 1. The van der Waals surface area contributed by atoms with Gasteiger partial charge in [0.05, 0.1) is 6.61 Å². The normalized spacial score (nSPS) is 26.0. The van der Waals surface area contributed by atoms with Gasteiger partial charge in [0.15, 0.2) is 0 Å². The van der Waals surface area contributed by atoms with Crippen LogP contribution in [0.1, 0.15) is 12.5 Å². The van der Waals surface area contributed by atoms with Crippen LogP contribution in [0.3, 0.4) is 0 Å². The molecule has 1 aliphatic heterocycles. The molecule has 1 aromatic rings. The molecule has 6 heteroatoms. The molecule has 19 heavy (non-hydrogen) atoms. The molecule has 0 amide bonds. The van der Waals surface area contributed by atoms with Crippen LogP contribution in [0.15, 0.2) is 30.3 Å². The van der Waals surface area contributed by atoms with Crippen LogP contribution in [-0.2, 0) is 16.1 Å². The molecule has 0 radical (unpaired) electrons. The second-order valence-corrected chi connectivity index (χ2v) is 4.34. The predicted octanol–water partition coefficient (Wildman–Crippen LogP) is 2.36. The Bertz CT molecular complexity index is 447. The molecule has 1 aliphatic rings. The average Bonchev–Trinajstić information content (AvgIpc) is 3.05. The van der Waals surface area contributed by atoms with E-state index >= 15 is 0 Å². The minimum Gasteiger partial charge on any atom is -0.465 e. The molecule has 2 rings (SSSR count). The summed E-state index contributed by atoms with van der Waals surface area (Å²) in [5.41, 5.74) is 0.739. The van der Waals surface area contributed by atoms with Crippen LogP contribution in [-0.4, -0.2) is 35.7 Å². The molecule has 1 saturated heterocycles. The number of carbonyl (C=O) groups is 1. The molecule has 0 bridgehead atoms. The third-order valence-corrected chi connectivity index (χ3v) is 3.00. The third kappa shape index (κ3) is 3.07. The number of alkyl halides is 3. The molecule has 1 heterocycles. The van der Waals surface area contributed by atoms with E-state index in [0.717, 1.165) is 10.5 Å². The number of rotatable bonds is 4. The van der Waals surface area contributed by atoms with E-state index in [0.29, 0.717) is 0 Å². The summed E-state index contributed by atoms with van der Waals surface area (Å²) in [6.07, 6.45) is -4.41. The van der Waals surface area contributed by atoms with E-state index in [2.05, 4.69) is 4.74 Å². The van der Waals surface area contributed by atoms with Crippen molar-refractivity contribution in [1.82, 2.24) is 4.90 Å². The first-order valence-electron chi connectivity index (χ1n) is 5.98. The monoisotopic (exact) mass is 273 g/mol. The van der Waals surface area contributed by atoms with Gasteiger partial charge in [0, 0.05) is 6.54 Å². The maximum absolute atomic E-state index is 12.8. The average molecular weight is 273 g/mol. The van der Waals surface area contributed by atoms with E-state index in [1.807, 2.05) is 0 Å². The fourth-order valence-electron chi connectivity index (χ4n) is 2.13. The Morgan fingerprint density at radius 2 is 1.95 bits per heavy atom. The summed E-state index contributed by atoms with van der Waals surface area (Å²) in [6, 6.07) is 5.81. The summed E-state index contributed by atoms with van der Waals surface area (Å²) in [5, 5.41) is 0. The van der Waals surface area contributed by atoms with E-state index in [9.17, 15) is 18.0 Å². The number of halogens is 3. The lowest BCUT2D eigenvalue weighted by Gasteiger charge is -2.06. The van der Waals surface area contributed by atoms with Crippen molar-refractivity contribution in [3.63, 3.8) is 0 Å². The van der Waals surface area contributed by atoms with Crippen LogP contribution >= 0.6 is 0 Å². The first kappa shape index (κ1) is 13.9. The van der Waals surface area contributed by atoms with Gasteiger partial charge in [-0.25, -0.2) is 0 Å². The topological polar surface area (TPSA) is 29.3 Å². The summed E-state index contributed by atoms with van der Waals surface area (Å²) in [4.78, 5) is 12.6. The molecule has 1 fully saturated rings. The smallest absolute Gasteiger partial charge is 0.406 e. The number of nitrogens with zero attached hydrogens (tertiary/aromatic N) is 1. The number of esters is 1. The van der Waals surface area contributed by atoms with Crippen LogP contribution in [0.4, 0.5) is 13.2 Å². The van der Waals surface area contributed by atoms with E-state index in [4.69, 9.17) is 0 Å². The van der Waals surface area contributed by atoms with Crippen LogP contribution < -0.4 is 0 Å². The predicted molar refractivity (Wildman–Crippen MR) is 62.2 cm³/mol. The molecule has 3 nitrogen and oxygen atoms in total. The van der Waals surface area contributed by atoms with Crippen molar-refractivity contribution in [1.29, 1.82) is 0 Å². The second-order valence-electron chi connectivity index (χ2n) is 4.34. The van der Waals surface area contributed by atoms with Gasteiger partial charge in [-0.1, -0.05) is 30.3 Å². The van der Waals surface area contributed by atoms with E-state index < -0.39 is 24.2 Å². The molecule has 0 aliphatic carbocycles. The third-order valence-electron chi connectivity index (χ3n) is 3.00. The Balaban J connectivity index is 2.08. The van der Waals surface area contributed by atoms with Crippen molar-refractivity contribution in [3.8, 4) is 0 Å².